The number of nitrogens with one attached hydrogen (secondary N) is 1. The Morgan fingerprint density at radius 2 is 2.10 bits per heavy atom. The van der Waals surface area contributed by atoms with Crippen molar-refractivity contribution in [1.82, 2.24) is 14.8 Å². The van der Waals surface area contributed by atoms with Gasteiger partial charge in [-0.3, -0.25) is 9.69 Å². The summed E-state index contributed by atoms with van der Waals surface area (Å²) in [4.78, 5) is 20.2. The fourth-order valence-electron chi connectivity index (χ4n) is 3.17. The van der Waals surface area contributed by atoms with Gasteiger partial charge in [0.1, 0.15) is 0 Å². The van der Waals surface area contributed by atoms with E-state index < -0.39 is 0 Å². The molecule has 0 aliphatic carbocycles. The van der Waals surface area contributed by atoms with Crippen molar-refractivity contribution in [3.63, 3.8) is 0 Å². The summed E-state index contributed by atoms with van der Waals surface area (Å²) >= 11 is 0. The standard InChI is InChI=1S/C17H29N3O/c1-13-11-18-16(14(2)17(13)21)12-20-9-6-5-7-15(20)8-10-19(3)4/h11,15H,5-10,12H2,1-4H3,(H,18,21)/t15-/m1/s1. The number of piperidine rings is 1. The van der Waals surface area contributed by atoms with E-state index in [0.717, 1.165) is 36.5 Å². The van der Waals surface area contributed by atoms with Gasteiger partial charge in [-0.05, 0) is 60.3 Å². The average molecular weight is 291 g/mol. The van der Waals surface area contributed by atoms with Gasteiger partial charge in [0, 0.05) is 35.6 Å². The van der Waals surface area contributed by atoms with E-state index in [0.29, 0.717) is 6.04 Å². The first-order chi connectivity index (χ1) is 9.99. The Morgan fingerprint density at radius 3 is 2.81 bits per heavy atom. The van der Waals surface area contributed by atoms with Crippen LogP contribution in [0.5, 0.6) is 0 Å². The Morgan fingerprint density at radius 1 is 1.33 bits per heavy atom. The number of aryl methyl sites for hydroxylation is 1. The van der Waals surface area contributed by atoms with Gasteiger partial charge >= 0.3 is 0 Å². The van der Waals surface area contributed by atoms with Crippen molar-refractivity contribution in [2.75, 3.05) is 27.2 Å². The van der Waals surface area contributed by atoms with Gasteiger partial charge in [-0.25, -0.2) is 0 Å². The van der Waals surface area contributed by atoms with Crippen LogP contribution in [0.25, 0.3) is 0 Å². The fourth-order valence-corrected chi connectivity index (χ4v) is 3.17. The molecule has 0 radical (unpaired) electrons. The normalized spacial score (nSPS) is 20.1. The Labute approximate surface area is 128 Å². The van der Waals surface area contributed by atoms with Crippen molar-refractivity contribution < 1.29 is 0 Å². The molecule has 0 amide bonds. The van der Waals surface area contributed by atoms with E-state index in [4.69, 9.17) is 0 Å². The maximum atomic E-state index is 12.1. The number of nitrogens with zero attached hydrogens (tertiary/aromatic N) is 2. The number of hydrogen-bond acceptors (Lipinski definition) is 3. The van der Waals surface area contributed by atoms with Crippen molar-refractivity contribution in [1.29, 1.82) is 0 Å². The SMILES string of the molecule is Cc1c[nH]c(CN2CCCC[C@@H]2CCN(C)C)c(C)c1=O. The van der Waals surface area contributed by atoms with Crippen LogP contribution in [-0.2, 0) is 6.54 Å². The first-order valence-corrected chi connectivity index (χ1v) is 8.05. The molecule has 4 heteroatoms. The van der Waals surface area contributed by atoms with Crippen LogP contribution >= 0.6 is 0 Å². The maximum absolute atomic E-state index is 12.1. The first-order valence-electron chi connectivity index (χ1n) is 8.05. The molecule has 1 saturated heterocycles. The number of aromatic nitrogens is 1. The molecule has 1 aromatic heterocycles. The molecule has 21 heavy (non-hydrogen) atoms. The van der Waals surface area contributed by atoms with E-state index in [9.17, 15) is 4.79 Å². The Kier molecular flexibility index (Phi) is 5.59. The van der Waals surface area contributed by atoms with Crippen molar-refractivity contribution in [2.45, 2.75) is 52.1 Å². The highest BCUT2D eigenvalue weighted by atomic mass is 16.1. The number of aromatic amines is 1. The lowest BCUT2D eigenvalue weighted by Crippen LogP contribution is -2.41. The Bertz CT molecular complexity index is 521. The lowest BCUT2D eigenvalue weighted by atomic mass is 9.98. The van der Waals surface area contributed by atoms with Gasteiger partial charge in [0.25, 0.3) is 0 Å². The molecule has 1 aliphatic heterocycles. The van der Waals surface area contributed by atoms with Gasteiger partial charge in [0.05, 0.1) is 0 Å². The predicted octanol–water partition coefficient (Wildman–Crippen LogP) is 2.30. The number of H-pyrrole nitrogens is 1. The van der Waals surface area contributed by atoms with Crippen molar-refractivity contribution >= 4 is 0 Å². The molecule has 2 rings (SSSR count). The quantitative estimate of drug-likeness (QED) is 0.905. The lowest BCUT2D eigenvalue weighted by Gasteiger charge is -2.36. The van der Waals surface area contributed by atoms with E-state index in [2.05, 4.69) is 28.9 Å². The second-order valence-corrected chi connectivity index (χ2v) is 6.62. The van der Waals surface area contributed by atoms with Crippen LogP contribution in [-0.4, -0.2) is 48.0 Å². The molecule has 118 valence electrons. The Balaban J connectivity index is 2.08. The molecule has 1 N–H and O–H groups in total. The van der Waals surface area contributed by atoms with Gasteiger partial charge in [0.15, 0.2) is 5.43 Å². The van der Waals surface area contributed by atoms with E-state index >= 15 is 0 Å². The summed E-state index contributed by atoms with van der Waals surface area (Å²) in [5.74, 6) is 0. The molecule has 2 heterocycles. The highest BCUT2D eigenvalue weighted by Crippen LogP contribution is 2.22. The largest absolute Gasteiger partial charge is 0.363 e. The van der Waals surface area contributed by atoms with Crippen molar-refractivity contribution in [2.24, 2.45) is 0 Å². The number of rotatable bonds is 5. The van der Waals surface area contributed by atoms with Gasteiger partial charge in [0.2, 0.25) is 0 Å². The molecule has 1 aromatic rings. The highest BCUT2D eigenvalue weighted by molar-refractivity contribution is 5.23. The van der Waals surface area contributed by atoms with Crippen LogP contribution in [0, 0.1) is 13.8 Å². The van der Waals surface area contributed by atoms with E-state index in [1.165, 1.54) is 25.7 Å². The van der Waals surface area contributed by atoms with Crippen LogP contribution in [0.15, 0.2) is 11.0 Å². The van der Waals surface area contributed by atoms with Crippen LogP contribution in [0.2, 0.25) is 0 Å². The summed E-state index contributed by atoms with van der Waals surface area (Å²) in [5, 5.41) is 0. The molecular weight excluding hydrogens is 262 g/mol. The van der Waals surface area contributed by atoms with E-state index in [-0.39, 0.29) is 5.43 Å². The van der Waals surface area contributed by atoms with Crippen LogP contribution in [0.4, 0.5) is 0 Å². The zero-order chi connectivity index (χ0) is 15.4. The van der Waals surface area contributed by atoms with Gasteiger partial charge < -0.3 is 9.88 Å². The smallest absolute Gasteiger partial charge is 0.187 e. The molecule has 4 nitrogen and oxygen atoms in total. The fraction of sp³-hybridized carbons (Fsp3) is 0.706. The third-order valence-corrected chi connectivity index (χ3v) is 4.63. The molecule has 0 saturated carbocycles. The molecular formula is C17H29N3O. The molecule has 0 bridgehead atoms. The predicted molar refractivity (Wildman–Crippen MR) is 87.8 cm³/mol. The minimum absolute atomic E-state index is 0.186. The lowest BCUT2D eigenvalue weighted by molar-refractivity contribution is 0.123. The first kappa shape index (κ1) is 16.2. The summed E-state index contributed by atoms with van der Waals surface area (Å²) in [6.45, 7) is 6.97. The number of likely N-dealkylation sites (tertiary alicyclic amines) is 1. The summed E-state index contributed by atoms with van der Waals surface area (Å²) in [7, 11) is 4.27. The zero-order valence-electron chi connectivity index (χ0n) is 13.9. The van der Waals surface area contributed by atoms with Crippen molar-refractivity contribution in [3.05, 3.63) is 33.2 Å². The second-order valence-electron chi connectivity index (χ2n) is 6.62. The number of hydrogen-bond donors (Lipinski definition) is 1. The molecule has 1 atom stereocenters. The zero-order valence-corrected chi connectivity index (χ0v) is 13.9. The number of pyridine rings is 1. The molecule has 0 unspecified atom stereocenters. The van der Waals surface area contributed by atoms with E-state index in [1.54, 1.807) is 0 Å². The van der Waals surface area contributed by atoms with Crippen molar-refractivity contribution in [3.8, 4) is 0 Å². The van der Waals surface area contributed by atoms with Crippen LogP contribution in [0.1, 0.15) is 42.5 Å². The minimum Gasteiger partial charge on any atom is -0.363 e. The third-order valence-electron chi connectivity index (χ3n) is 4.63. The maximum Gasteiger partial charge on any atom is 0.187 e. The van der Waals surface area contributed by atoms with Gasteiger partial charge in [-0.2, -0.15) is 0 Å². The monoisotopic (exact) mass is 291 g/mol. The van der Waals surface area contributed by atoms with E-state index in [1.807, 2.05) is 20.0 Å². The summed E-state index contributed by atoms with van der Waals surface area (Å²) in [6, 6.07) is 0.644. The average Bonchev–Trinajstić information content (AvgIpc) is 2.47. The highest BCUT2D eigenvalue weighted by Gasteiger charge is 2.23. The second kappa shape index (κ2) is 7.23. The van der Waals surface area contributed by atoms with Crippen LogP contribution in [0.3, 0.4) is 0 Å². The molecule has 0 aromatic carbocycles. The summed E-state index contributed by atoms with van der Waals surface area (Å²) in [5.41, 5.74) is 2.96. The summed E-state index contributed by atoms with van der Waals surface area (Å²) < 4.78 is 0. The van der Waals surface area contributed by atoms with Crippen LogP contribution < -0.4 is 5.43 Å². The van der Waals surface area contributed by atoms with Gasteiger partial charge in [-0.15, -0.1) is 0 Å². The molecule has 1 fully saturated rings. The third kappa shape index (κ3) is 4.17. The topological polar surface area (TPSA) is 39.3 Å². The molecule has 0 spiro atoms. The summed E-state index contributed by atoms with van der Waals surface area (Å²) in [6.07, 6.45) is 6.94. The molecule has 1 aliphatic rings. The minimum atomic E-state index is 0.186. The Hall–Kier alpha value is -1.13. The van der Waals surface area contributed by atoms with Gasteiger partial charge in [-0.1, -0.05) is 6.42 Å².